The second kappa shape index (κ2) is 7.94. The molecule has 0 spiro atoms. The molecule has 0 aromatic heterocycles. The Morgan fingerprint density at radius 3 is 2.29 bits per heavy atom. The number of aryl methyl sites for hydroxylation is 1. The molecule has 0 aliphatic carbocycles. The van der Waals surface area contributed by atoms with Crippen LogP contribution in [0.1, 0.15) is 31.4 Å². The lowest BCUT2D eigenvalue weighted by molar-refractivity contribution is 0.439. The standard InChI is InChI=1S/C19H24FN/c1-15(12-13-17-8-4-3-5-9-17)21-16(2)14-18-10-6-7-11-19(18)20/h3-11,15-16,21H,12-14H2,1-2H3. The van der Waals surface area contributed by atoms with Crippen molar-refractivity contribution in [3.05, 3.63) is 71.5 Å². The first-order valence-corrected chi connectivity index (χ1v) is 7.68. The van der Waals surface area contributed by atoms with E-state index in [-0.39, 0.29) is 11.9 Å². The molecule has 0 aliphatic rings. The Hall–Kier alpha value is -1.67. The molecule has 112 valence electrons. The lowest BCUT2D eigenvalue weighted by atomic mass is 10.0. The largest absolute Gasteiger partial charge is 0.311 e. The van der Waals surface area contributed by atoms with Crippen LogP contribution in [0.15, 0.2) is 54.6 Å². The highest BCUT2D eigenvalue weighted by Crippen LogP contribution is 2.10. The van der Waals surface area contributed by atoms with Crippen molar-refractivity contribution in [2.75, 3.05) is 0 Å². The fraction of sp³-hybridized carbons (Fsp3) is 0.368. The van der Waals surface area contributed by atoms with E-state index < -0.39 is 0 Å². The van der Waals surface area contributed by atoms with Crippen LogP contribution in [0, 0.1) is 5.82 Å². The first-order valence-electron chi connectivity index (χ1n) is 7.68. The Morgan fingerprint density at radius 2 is 1.57 bits per heavy atom. The van der Waals surface area contributed by atoms with E-state index in [9.17, 15) is 4.39 Å². The normalized spacial score (nSPS) is 13.9. The minimum absolute atomic E-state index is 0.108. The molecule has 0 saturated carbocycles. The maximum absolute atomic E-state index is 13.6. The van der Waals surface area contributed by atoms with Gasteiger partial charge in [0.25, 0.3) is 0 Å². The first-order chi connectivity index (χ1) is 10.1. The molecule has 2 aromatic rings. The summed E-state index contributed by atoms with van der Waals surface area (Å²) in [5.41, 5.74) is 2.15. The maximum atomic E-state index is 13.6. The number of halogens is 1. The molecule has 2 aromatic carbocycles. The Bertz CT molecular complexity index is 538. The zero-order valence-corrected chi connectivity index (χ0v) is 12.9. The minimum Gasteiger partial charge on any atom is -0.311 e. The van der Waals surface area contributed by atoms with Gasteiger partial charge in [-0.05, 0) is 50.3 Å². The Labute approximate surface area is 127 Å². The Kier molecular flexibility index (Phi) is 5.94. The van der Waals surface area contributed by atoms with Crippen molar-refractivity contribution in [3.63, 3.8) is 0 Å². The van der Waals surface area contributed by atoms with E-state index in [0.29, 0.717) is 6.04 Å². The molecule has 1 nitrogen and oxygen atoms in total. The molecule has 0 amide bonds. The molecule has 0 radical (unpaired) electrons. The minimum atomic E-state index is -0.108. The van der Waals surface area contributed by atoms with Gasteiger partial charge in [0, 0.05) is 12.1 Å². The summed E-state index contributed by atoms with van der Waals surface area (Å²) in [6.07, 6.45) is 2.88. The van der Waals surface area contributed by atoms with Crippen molar-refractivity contribution in [1.82, 2.24) is 5.32 Å². The van der Waals surface area contributed by atoms with Gasteiger partial charge < -0.3 is 5.32 Å². The zero-order chi connectivity index (χ0) is 15.1. The van der Waals surface area contributed by atoms with E-state index in [1.54, 1.807) is 6.07 Å². The number of hydrogen-bond donors (Lipinski definition) is 1. The predicted molar refractivity (Wildman–Crippen MR) is 86.9 cm³/mol. The van der Waals surface area contributed by atoms with Crippen LogP contribution in [0.3, 0.4) is 0 Å². The monoisotopic (exact) mass is 285 g/mol. The van der Waals surface area contributed by atoms with Crippen molar-refractivity contribution in [2.24, 2.45) is 0 Å². The molecule has 2 rings (SSSR count). The zero-order valence-electron chi connectivity index (χ0n) is 12.9. The quantitative estimate of drug-likeness (QED) is 0.796. The van der Waals surface area contributed by atoms with E-state index >= 15 is 0 Å². The van der Waals surface area contributed by atoms with Crippen molar-refractivity contribution in [2.45, 2.75) is 45.2 Å². The number of hydrogen-bond acceptors (Lipinski definition) is 1. The highest BCUT2D eigenvalue weighted by atomic mass is 19.1. The van der Waals surface area contributed by atoms with E-state index in [1.165, 1.54) is 11.6 Å². The molecule has 0 heterocycles. The lowest BCUT2D eigenvalue weighted by Crippen LogP contribution is -2.36. The molecular weight excluding hydrogens is 261 g/mol. The van der Waals surface area contributed by atoms with Crippen molar-refractivity contribution in [3.8, 4) is 0 Å². The van der Waals surface area contributed by atoms with Gasteiger partial charge in [0.1, 0.15) is 5.82 Å². The van der Waals surface area contributed by atoms with Crippen molar-refractivity contribution in [1.29, 1.82) is 0 Å². The van der Waals surface area contributed by atoms with Crippen LogP contribution >= 0.6 is 0 Å². The van der Waals surface area contributed by atoms with Crippen LogP contribution in [-0.4, -0.2) is 12.1 Å². The summed E-state index contributed by atoms with van der Waals surface area (Å²) in [5, 5.41) is 3.56. The van der Waals surface area contributed by atoms with Gasteiger partial charge in [0.15, 0.2) is 0 Å². The van der Waals surface area contributed by atoms with Crippen LogP contribution in [-0.2, 0) is 12.8 Å². The van der Waals surface area contributed by atoms with Gasteiger partial charge in [0.05, 0.1) is 0 Å². The van der Waals surface area contributed by atoms with E-state index in [4.69, 9.17) is 0 Å². The first kappa shape index (κ1) is 15.7. The molecule has 0 fully saturated rings. The summed E-state index contributed by atoms with van der Waals surface area (Å²) in [7, 11) is 0. The van der Waals surface area contributed by atoms with Gasteiger partial charge in [-0.25, -0.2) is 4.39 Å². The van der Waals surface area contributed by atoms with E-state index in [0.717, 1.165) is 24.8 Å². The third kappa shape index (κ3) is 5.31. The maximum Gasteiger partial charge on any atom is 0.126 e. The average molecular weight is 285 g/mol. The van der Waals surface area contributed by atoms with Crippen molar-refractivity contribution < 1.29 is 4.39 Å². The fourth-order valence-corrected chi connectivity index (χ4v) is 2.65. The van der Waals surface area contributed by atoms with Gasteiger partial charge >= 0.3 is 0 Å². The van der Waals surface area contributed by atoms with Gasteiger partial charge in [-0.1, -0.05) is 48.5 Å². The summed E-state index contributed by atoms with van der Waals surface area (Å²) in [5.74, 6) is -0.108. The molecule has 1 N–H and O–H groups in total. The SMILES string of the molecule is CC(CCc1ccccc1)NC(C)Cc1ccccc1F. The van der Waals surface area contributed by atoms with Gasteiger partial charge in [-0.3, -0.25) is 0 Å². The third-order valence-electron chi connectivity index (χ3n) is 3.76. The molecule has 2 heteroatoms. The molecule has 0 aliphatic heterocycles. The molecule has 2 atom stereocenters. The van der Waals surface area contributed by atoms with Crippen LogP contribution in [0.25, 0.3) is 0 Å². The van der Waals surface area contributed by atoms with Crippen LogP contribution in [0.5, 0.6) is 0 Å². The van der Waals surface area contributed by atoms with Gasteiger partial charge in [-0.15, -0.1) is 0 Å². The second-order valence-electron chi connectivity index (χ2n) is 5.79. The predicted octanol–water partition coefficient (Wildman–Crippen LogP) is 4.37. The van der Waals surface area contributed by atoms with Crippen molar-refractivity contribution >= 4 is 0 Å². The lowest BCUT2D eigenvalue weighted by Gasteiger charge is -2.20. The number of benzene rings is 2. The molecule has 21 heavy (non-hydrogen) atoms. The van der Waals surface area contributed by atoms with E-state index in [1.807, 2.05) is 18.2 Å². The van der Waals surface area contributed by atoms with Crippen LogP contribution < -0.4 is 5.32 Å². The smallest absolute Gasteiger partial charge is 0.126 e. The Morgan fingerprint density at radius 1 is 0.905 bits per heavy atom. The highest BCUT2D eigenvalue weighted by Gasteiger charge is 2.10. The van der Waals surface area contributed by atoms with Crippen LogP contribution in [0.4, 0.5) is 4.39 Å². The molecular formula is C19H24FN. The average Bonchev–Trinajstić information content (AvgIpc) is 2.48. The number of rotatable bonds is 7. The van der Waals surface area contributed by atoms with Gasteiger partial charge in [-0.2, -0.15) is 0 Å². The topological polar surface area (TPSA) is 12.0 Å². The second-order valence-corrected chi connectivity index (χ2v) is 5.79. The Balaban J connectivity index is 1.77. The summed E-state index contributed by atoms with van der Waals surface area (Å²) in [6, 6.07) is 18.2. The third-order valence-corrected chi connectivity index (χ3v) is 3.76. The fourth-order valence-electron chi connectivity index (χ4n) is 2.65. The molecule has 0 bridgehead atoms. The van der Waals surface area contributed by atoms with E-state index in [2.05, 4.69) is 43.4 Å². The van der Waals surface area contributed by atoms with Gasteiger partial charge in [0.2, 0.25) is 0 Å². The molecule has 2 unspecified atom stereocenters. The summed E-state index contributed by atoms with van der Waals surface area (Å²) < 4.78 is 13.6. The summed E-state index contributed by atoms with van der Waals surface area (Å²) in [4.78, 5) is 0. The highest BCUT2D eigenvalue weighted by molar-refractivity contribution is 5.18. The number of nitrogens with one attached hydrogen (secondary N) is 1. The summed E-state index contributed by atoms with van der Waals surface area (Å²) >= 11 is 0. The summed E-state index contributed by atoms with van der Waals surface area (Å²) in [6.45, 7) is 4.31. The molecule has 0 saturated heterocycles. The van der Waals surface area contributed by atoms with Crippen LogP contribution in [0.2, 0.25) is 0 Å².